The number of ether oxygens (including phenoxy) is 1. The van der Waals surface area contributed by atoms with Gasteiger partial charge < -0.3 is 20.1 Å². The summed E-state index contributed by atoms with van der Waals surface area (Å²) in [7, 11) is 1.44. The van der Waals surface area contributed by atoms with Crippen LogP contribution < -0.4 is 10.1 Å². The number of carbonyl (C=O) groups is 2. The number of carboxylic acids is 1. The minimum atomic E-state index is -0.755. The van der Waals surface area contributed by atoms with Crippen LogP contribution in [0.2, 0.25) is 0 Å². The van der Waals surface area contributed by atoms with Gasteiger partial charge in [0.1, 0.15) is 0 Å². The summed E-state index contributed by atoms with van der Waals surface area (Å²) in [5, 5.41) is 12.0. The summed E-state index contributed by atoms with van der Waals surface area (Å²) < 4.78 is 18.9. The molecule has 1 aliphatic carbocycles. The molecule has 0 aromatic heterocycles. The van der Waals surface area contributed by atoms with Crippen molar-refractivity contribution in [3.05, 3.63) is 29.1 Å². The van der Waals surface area contributed by atoms with Gasteiger partial charge in [-0.05, 0) is 55.4 Å². The summed E-state index contributed by atoms with van der Waals surface area (Å²) in [4.78, 5) is 25.1. The number of nitrogens with zero attached hydrogens (tertiary/aromatic N) is 1. The minimum absolute atomic E-state index is 0.0112. The molecule has 7 heteroatoms. The van der Waals surface area contributed by atoms with Gasteiger partial charge in [0.2, 0.25) is 0 Å². The second-order valence-electron chi connectivity index (χ2n) is 6.76. The third-order valence-electron chi connectivity index (χ3n) is 5.18. The van der Waals surface area contributed by atoms with Crippen molar-refractivity contribution in [1.82, 2.24) is 10.2 Å². The normalized spacial score (nSPS) is 22.9. The van der Waals surface area contributed by atoms with Gasteiger partial charge in [-0.15, -0.1) is 0 Å². The SMILES string of the molecule is COc1cc2c(cc1F)CN(C(=O)NC1CCC(C(=O)O)CC1)CC2. The number of aliphatic carboxylic acids is 1. The summed E-state index contributed by atoms with van der Waals surface area (Å²) in [5.41, 5.74) is 1.80. The third-order valence-corrected chi connectivity index (χ3v) is 5.18. The van der Waals surface area contributed by atoms with Gasteiger partial charge in [-0.1, -0.05) is 0 Å². The summed E-state index contributed by atoms with van der Waals surface area (Å²) >= 11 is 0. The maximum absolute atomic E-state index is 13.9. The number of hydrogen-bond acceptors (Lipinski definition) is 3. The molecule has 3 rings (SSSR count). The Kier molecular flexibility index (Phi) is 5.11. The van der Waals surface area contributed by atoms with E-state index in [4.69, 9.17) is 9.84 Å². The zero-order valence-corrected chi connectivity index (χ0v) is 14.3. The van der Waals surface area contributed by atoms with Crippen LogP contribution in [0.5, 0.6) is 5.75 Å². The van der Waals surface area contributed by atoms with Gasteiger partial charge in [0.25, 0.3) is 0 Å². The number of rotatable bonds is 3. The van der Waals surface area contributed by atoms with E-state index in [0.717, 1.165) is 11.1 Å². The number of urea groups is 1. The minimum Gasteiger partial charge on any atom is -0.494 e. The maximum atomic E-state index is 13.9. The topological polar surface area (TPSA) is 78.9 Å². The molecule has 0 radical (unpaired) electrons. The molecule has 6 nitrogen and oxygen atoms in total. The van der Waals surface area contributed by atoms with Crippen LogP contribution in [0.1, 0.15) is 36.8 Å². The van der Waals surface area contributed by atoms with Crippen molar-refractivity contribution < 1.29 is 23.8 Å². The van der Waals surface area contributed by atoms with E-state index in [9.17, 15) is 14.0 Å². The Morgan fingerprint density at radius 2 is 1.96 bits per heavy atom. The molecule has 2 amide bonds. The molecule has 0 bridgehead atoms. The van der Waals surface area contributed by atoms with Crippen molar-refractivity contribution in [2.45, 2.75) is 44.7 Å². The highest BCUT2D eigenvalue weighted by atomic mass is 19.1. The van der Waals surface area contributed by atoms with Gasteiger partial charge in [0, 0.05) is 19.1 Å². The lowest BCUT2D eigenvalue weighted by molar-refractivity contribution is -0.142. The van der Waals surface area contributed by atoms with Gasteiger partial charge in [0.15, 0.2) is 11.6 Å². The summed E-state index contributed by atoms with van der Waals surface area (Å²) in [6, 6.07) is 2.98. The molecule has 0 saturated heterocycles. The van der Waals surface area contributed by atoms with Crippen molar-refractivity contribution in [3.63, 3.8) is 0 Å². The van der Waals surface area contributed by atoms with E-state index in [1.54, 1.807) is 11.0 Å². The molecule has 1 aromatic rings. The third kappa shape index (κ3) is 3.86. The van der Waals surface area contributed by atoms with Crippen LogP contribution in [0.15, 0.2) is 12.1 Å². The first-order valence-electron chi connectivity index (χ1n) is 8.61. The fourth-order valence-corrected chi connectivity index (χ4v) is 3.64. The summed E-state index contributed by atoms with van der Waals surface area (Å²) in [6.07, 6.45) is 3.20. The molecule has 1 aromatic carbocycles. The number of methoxy groups -OCH3 is 1. The van der Waals surface area contributed by atoms with Crippen LogP contribution in [-0.4, -0.2) is 41.7 Å². The van der Waals surface area contributed by atoms with Crippen molar-refractivity contribution >= 4 is 12.0 Å². The predicted molar refractivity (Wildman–Crippen MR) is 89.0 cm³/mol. The zero-order chi connectivity index (χ0) is 18.0. The molecular weight excluding hydrogens is 327 g/mol. The first-order chi connectivity index (χ1) is 12.0. The number of halogens is 1. The zero-order valence-electron chi connectivity index (χ0n) is 14.3. The number of hydrogen-bond donors (Lipinski definition) is 2. The largest absolute Gasteiger partial charge is 0.494 e. The van der Waals surface area contributed by atoms with Crippen molar-refractivity contribution in [1.29, 1.82) is 0 Å². The molecular formula is C18H23FN2O4. The monoisotopic (exact) mass is 350 g/mol. The molecule has 136 valence electrons. The Labute approximate surface area is 146 Å². The lowest BCUT2D eigenvalue weighted by atomic mass is 9.86. The first kappa shape index (κ1) is 17.5. The molecule has 0 spiro atoms. The molecule has 1 heterocycles. The van der Waals surface area contributed by atoms with Gasteiger partial charge in [-0.25, -0.2) is 9.18 Å². The Balaban J connectivity index is 1.58. The second kappa shape index (κ2) is 7.29. The Bertz CT molecular complexity index is 671. The fraction of sp³-hybridized carbons (Fsp3) is 0.556. The van der Waals surface area contributed by atoms with Crippen LogP contribution in [0.4, 0.5) is 9.18 Å². The first-order valence-corrected chi connectivity index (χ1v) is 8.61. The Hall–Kier alpha value is -2.31. The van der Waals surface area contributed by atoms with Gasteiger partial charge in [0.05, 0.1) is 13.0 Å². The standard InChI is InChI=1S/C18H23FN2O4/c1-25-16-9-12-6-7-21(10-13(12)8-15(16)19)18(24)20-14-4-2-11(3-5-14)17(22)23/h8-9,11,14H,2-7,10H2,1H3,(H,20,24)(H,22,23). The summed E-state index contributed by atoms with van der Waals surface area (Å²) in [6.45, 7) is 0.935. The highest BCUT2D eigenvalue weighted by Gasteiger charge is 2.29. The number of nitrogens with one attached hydrogen (secondary N) is 1. The van der Waals surface area contributed by atoms with Crippen LogP contribution in [0.3, 0.4) is 0 Å². The Morgan fingerprint density at radius 3 is 2.60 bits per heavy atom. The van der Waals surface area contributed by atoms with Crippen molar-refractivity contribution in [2.75, 3.05) is 13.7 Å². The van der Waals surface area contributed by atoms with E-state index in [1.807, 2.05) is 0 Å². The average Bonchev–Trinajstić information content (AvgIpc) is 2.61. The summed E-state index contributed by atoms with van der Waals surface area (Å²) in [5.74, 6) is -1.25. The van der Waals surface area contributed by atoms with Crippen LogP contribution in [0, 0.1) is 11.7 Å². The van der Waals surface area contributed by atoms with Gasteiger partial charge in [-0.3, -0.25) is 4.79 Å². The number of amides is 2. The molecule has 1 fully saturated rings. The quantitative estimate of drug-likeness (QED) is 0.878. The number of fused-ring (bicyclic) bond motifs is 1. The van der Waals surface area contributed by atoms with Crippen molar-refractivity contribution in [2.24, 2.45) is 5.92 Å². The smallest absolute Gasteiger partial charge is 0.317 e. The lowest BCUT2D eigenvalue weighted by Gasteiger charge is -2.33. The number of benzene rings is 1. The van der Waals surface area contributed by atoms with E-state index in [0.29, 0.717) is 45.2 Å². The van der Waals surface area contributed by atoms with Gasteiger partial charge >= 0.3 is 12.0 Å². The van der Waals surface area contributed by atoms with E-state index in [-0.39, 0.29) is 23.7 Å². The highest BCUT2D eigenvalue weighted by molar-refractivity contribution is 5.75. The van der Waals surface area contributed by atoms with Crippen LogP contribution >= 0.6 is 0 Å². The van der Waals surface area contributed by atoms with E-state index in [1.165, 1.54) is 13.2 Å². The lowest BCUT2D eigenvalue weighted by Crippen LogP contribution is -2.47. The molecule has 0 atom stereocenters. The number of carboxylic acid groups (broad SMARTS) is 1. The predicted octanol–water partition coefficient (Wildman–Crippen LogP) is 2.55. The van der Waals surface area contributed by atoms with Gasteiger partial charge in [-0.2, -0.15) is 0 Å². The maximum Gasteiger partial charge on any atom is 0.317 e. The molecule has 1 aliphatic heterocycles. The van der Waals surface area contributed by atoms with Crippen LogP contribution in [-0.2, 0) is 17.8 Å². The van der Waals surface area contributed by atoms with E-state index >= 15 is 0 Å². The molecule has 1 saturated carbocycles. The highest BCUT2D eigenvalue weighted by Crippen LogP contribution is 2.28. The van der Waals surface area contributed by atoms with E-state index < -0.39 is 11.8 Å². The Morgan fingerprint density at radius 1 is 1.24 bits per heavy atom. The van der Waals surface area contributed by atoms with Crippen molar-refractivity contribution in [3.8, 4) is 5.75 Å². The molecule has 0 unspecified atom stereocenters. The number of carbonyl (C=O) groups excluding carboxylic acids is 1. The fourth-order valence-electron chi connectivity index (χ4n) is 3.64. The molecule has 2 aliphatic rings. The second-order valence-corrected chi connectivity index (χ2v) is 6.76. The molecule has 25 heavy (non-hydrogen) atoms. The van der Waals surface area contributed by atoms with E-state index in [2.05, 4.69) is 5.32 Å². The average molecular weight is 350 g/mol. The molecule has 2 N–H and O–H groups in total. The van der Waals surface area contributed by atoms with Crippen LogP contribution in [0.25, 0.3) is 0 Å².